The molecule has 0 atom stereocenters. The van der Waals surface area contributed by atoms with Crippen molar-refractivity contribution in [2.24, 2.45) is 0 Å². The van der Waals surface area contributed by atoms with Gasteiger partial charge in [0, 0.05) is 10.9 Å². The molecule has 4 heteroatoms. The van der Waals surface area contributed by atoms with Gasteiger partial charge in [0.05, 0.1) is 0 Å². The first-order chi connectivity index (χ1) is 7.08. The molecule has 0 radical (unpaired) electrons. The molecule has 0 fully saturated rings. The molecule has 3 nitrogen and oxygen atoms in total. The summed E-state index contributed by atoms with van der Waals surface area (Å²) in [5.74, 6) is 0. The Morgan fingerprint density at radius 3 is 2.40 bits per heavy atom. The molecule has 0 aromatic heterocycles. The van der Waals surface area contributed by atoms with Gasteiger partial charge in [0.1, 0.15) is 0 Å². The van der Waals surface area contributed by atoms with E-state index in [-0.39, 0.29) is 12.1 Å². The molecule has 15 heavy (non-hydrogen) atoms. The van der Waals surface area contributed by atoms with E-state index in [1.165, 1.54) is 17.5 Å². The van der Waals surface area contributed by atoms with Gasteiger partial charge >= 0.3 is 6.03 Å². The number of urea groups is 1. The number of aryl methyl sites for hydroxylation is 1. The second-order valence-corrected chi connectivity index (χ2v) is 4.52. The first kappa shape index (κ1) is 11.9. The zero-order valence-electron chi connectivity index (χ0n) is 9.20. The standard InChI is InChI=1S/C11H16N2OS/c1-8(2)12-11(14)13-15-10-6-4-9(3)5-7-10/h4-8H,1-3H3,(H2,12,13,14). The van der Waals surface area contributed by atoms with Gasteiger partial charge in [0.25, 0.3) is 0 Å². The van der Waals surface area contributed by atoms with Crippen molar-refractivity contribution in [3.05, 3.63) is 29.8 Å². The Bertz CT molecular complexity index is 322. The summed E-state index contributed by atoms with van der Waals surface area (Å²) in [5, 5.41) is 2.75. The summed E-state index contributed by atoms with van der Waals surface area (Å²) in [5.41, 5.74) is 1.21. The number of hydrogen-bond donors (Lipinski definition) is 2. The third-order valence-corrected chi connectivity index (χ3v) is 2.50. The second-order valence-electron chi connectivity index (χ2n) is 3.65. The summed E-state index contributed by atoms with van der Waals surface area (Å²) in [6.07, 6.45) is 0. The number of nitrogens with one attached hydrogen (secondary N) is 2. The van der Waals surface area contributed by atoms with Crippen LogP contribution in [-0.4, -0.2) is 12.1 Å². The minimum atomic E-state index is -0.157. The Hall–Kier alpha value is -1.16. The summed E-state index contributed by atoms with van der Waals surface area (Å²) < 4.78 is 2.72. The van der Waals surface area contributed by atoms with Crippen LogP contribution in [0.3, 0.4) is 0 Å². The van der Waals surface area contributed by atoms with Gasteiger partial charge in [-0.2, -0.15) is 0 Å². The molecule has 1 rings (SSSR count). The number of carbonyl (C=O) groups excluding carboxylic acids is 1. The molecule has 0 spiro atoms. The largest absolute Gasteiger partial charge is 0.335 e. The Morgan fingerprint density at radius 2 is 1.87 bits per heavy atom. The first-order valence-corrected chi connectivity index (χ1v) is 5.69. The van der Waals surface area contributed by atoms with Crippen molar-refractivity contribution < 1.29 is 4.79 Å². The predicted octanol–water partition coefficient (Wildman–Crippen LogP) is 2.71. The number of benzene rings is 1. The highest BCUT2D eigenvalue weighted by Crippen LogP contribution is 2.14. The van der Waals surface area contributed by atoms with Crippen molar-refractivity contribution in [2.45, 2.75) is 31.7 Å². The van der Waals surface area contributed by atoms with Crippen LogP contribution >= 0.6 is 11.9 Å². The first-order valence-electron chi connectivity index (χ1n) is 4.88. The fourth-order valence-electron chi connectivity index (χ4n) is 1.00. The third-order valence-electron chi connectivity index (χ3n) is 1.70. The van der Waals surface area contributed by atoms with Crippen LogP contribution < -0.4 is 10.0 Å². The maximum Gasteiger partial charge on any atom is 0.325 e. The second kappa shape index (κ2) is 5.66. The zero-order valence-corrected chi connectivity index (χ0v) is 10.0. The molecule has 0 aliphatic heterocycles. The lowest BCUT2D eigenvalue weighted by molar-refractivity contribution is 0.244. The Morgan fingerprint density at radius 1 is 1.27 bits per heavy atom. The lowest BCUT2D eigenvalue weighted by atomic mass is 10.2. The molecule has 0 aliphatic rings. The predicted molar refractivity (Wildman–Crippen MR) is 63.8 cm³/mol. The molecule has 1 aromatic rings. The van der Waals surface area contributed by atoms with E-state index in [2.05, 4.69) is 10.0 Å². The molecule has 0 saturated heterocycles. The zero-order chi connectivity index (χ0) is 11.3. The Labute approximate surface area is 94.8 Å². The normalized spacial score (nSPS) is 10.1. The van der Waals surface area contributed by atoms with Crippen LogP contribution in [0.1, 0.15) is 19.4 Å². The molecule has 82 valence electrons. The summed E-state index contributed by atoms with van der Waals surface area (Å²) in [4.78, 5) is 12.3. The molecule has 1 aromatic carbocycles. The average Bonchev–Trinajstić information content (AvgIpc) is 2.16. The summed E-state index contributed by atoms with van der Waals surface area (Å²) in [6, 6.07) is 8.00. The van der Waals surface area contributed by atoms with E-state index in [0.717, 1.165) is 4.90 Å². The van der Waals surface area contributed by atoms with E-state index in [4.69, 9.17) is 0 Å². The lowest BCUT2D eigenvalue weighted by Crippen LogP contribution is -2.36. The van der Waals surface area contributed by atoms with Gasteiger partial charge in [-0.15, -0.1) is 0 Å². The van der Waals surface area contributed by atoms with Crippen LogP contribution in [0.2, 0.25) is 0 Å². The molecule has 0 heterocycles. The van der Waals surface area contributed by atoms with Gasteiger partial charge in [-0.25, -0.2) is 4.79 Å². The summed E-state index contributed by atoms with van der Waals surface area (Å²) >= 11 is 1.32. The van der Waals surface area contributed by atoms with Crippen LogP contribution in [0.4, 0.5) is 4.79 Å². The number of carbonyl (C=O) groups is 1. The molecule has 0 saturated carbocycles. The fourth-order valence-corrected chi connectivity index (χ4v) is 1.54. The molecular formula is C11H16N2OS. The Balaban J connectivity index is 2.37. The maximum absolute atomic E-state index is 11.3. The van der Waals surface area contributed by atoms with E-state index in [1.54, 1.807) is 0 Å². The highest BCUT2D eigenvalue weighted by molar-refractivity contribution is 7.98. The van der Waals surface area contributed by atoms with Gasteiger partial charge in [0.15, 0.2) is 0 Å². The van der Waals surface area contributed by atoms with Gasteiger partial charge < -0.3 is 5.32 Å². The van der Waals surface area contributed by atoms with Gasteiger partial charge in [-0.05, 0) is 44.9 Å². The Kier molecular flexibility index (Phi) is 4.49. The quantitative estimate of drug-likeness (QED) is 0.775. The van der Waals surface area contributed by atoms with Crippen LogP contribution in [0.5, 0.6) is 0 Å². The lowest BCUT2D eigenvalue weighted by Gasteiger charge is -2.09. The number of rotatable bonds is 3. The van der Waals surface area contributed by atoms with E-state index in [9.17, 15) is 4.79 Å². The average molecular weight is 224 g/mol. The van der Waals surface area contributed by atoms with Gasteiger partial charge in [-0.1, -0.05) is 17.7 Å². The van der Waals surface area contributed by atoms with Crippen molar-refractivity contribution in [1.29, 1.82) is 0 Å². The molecular weight excluding hydrogens is 208 g/mol. The van der Waals surface area contributed by atoms with Crippen molar-refractivity contribution in [1.82, 2.24) is 10.0 Å². The van der Waals surface area contributed by atoms with Crippen LogP contribution in [0.15, 0.2) is 29.2 Å². The van der Waals surface area contributed by atoms with E-state index in [0.29, 0.717) is 0 Å². The van der Waals surface area contributed by atoms with E-state index >= 15 is 0 Å². The molecule has 0 aliphatic carbocycles. The minimum Gasteiger partial charge on any atom is -0.335 e. The van der Waals surface area contributed by atoms with Crippen molar-refractivity contribution in [2.75, 3.05) is 0 Å². The van der Waals surface area contributed by atoms with Gasteiger partial charge in [0.2, 0.25) is 0 Å². The fraction of sp³-hybridized carbons (Fsp3) is 0.364. The minimum absolute atomic E-state index is 0.156. The number of amides is 2. The summed E-state index contributed by atoms with van der Waals surface area (Å²) in [7, 11) is 0. The van der Waals surface area contributed by atoms with Gasteiger partial charge in [-0.3, -0.25) is 4.72 Å². The van der Waals surface area contributed by atoms with Crippen LogP contribution in [0.25, 0.3) is 0 Å². The van der Waals surface area contributed by atoms with Crippen molar-refractivity contribution in [3.8, 4) is 0 Å². The van der Waals surface area contributed by atoms with Crippen LogP contribution in [-0.2, 0) is 0 Å². The third kappa shape index (κ3) is 4.74. The molecule has 0 unspecified atom stereocenters. The monoisotopic (exact) mass is 224 g/mol. The topological polar surface area (TPSA) is 41.1 Å². The van der Waals surface area contributed by atoms with E-state index < -0.39 is 0 Å². The summed E-state index contributed by atoms with van der Waals surface area (Å²) in [6.45, 7) is 5.89. The molecule has 2 N–H and O–H groups in total. The molecule has 2 amide bonds. The SMILES string of the molecule is Cc1ccc(SNC(=O)NC(C)C)cc1. The number of hydrogen-bond acceptors (Lipinski definition) is 2. The van der Waals surface area contributed by atoms with Crippen molar-refractivity contribution >= 4 is 18.0 Å². The van der Waals surface area contributed by atoms with Crippen LogP contribution in [0, 0.1) is 6.92 Å². The maximum atomic E-state index is 11.3. The molecule has 0 bridgehead atoms. The van der Waals surface area contributed by atoms with E-state index in [1.807, 2.05) is 45.0 Å². The van der Waals surface area contributed by atoms with Crippen molar-refractivity contribution in [3.63, 3.8) is 0 Å². The highest BCUT2D eigenvalue weighted by atomic mass is 32.2. The highest BCUT2D eigenvalue weighted by Gasteiger charge is 2.02. The smallest absolute Gasteiger partial charge is 0.325 e.